The Labute approximate surface area is 198 Å². The first-order chi connectivity index (χ1) is 14.8. The number of anilines is 1. The molecule has 1 heterocycles. The van der Waals surface area contributed by atoms with Crippen molar-refractivity contribution in [2.24, 2.45) is 0 Å². The van der Waals surface area contributed by atoms with Gasteiger partial charge in [-0.2, -0.15) is 0 Å². The van der Waals surface area contributed by atoms with Gasteiger partial charge >= 0.3 is 5.97 Å². The first-order valence-electron chi connectivity index (χ1n) is 9.03. The topological polar surface area (TPSA) is 86.1 Å². The molecular weight excluding hydrogens is 483 g/mol. The molecular formula is C20H17Cl3N4O3S. The predicted molar refractivity (Wildman–Crippen MR) is 123 cm³/mol. The average molecular weight is 500 g/mol. The third-order valence-corrected chi connectivity index (χ3v) is 6.04. The van der Waals surface area contributed by atoms with E-state index >= 15 is 0 Å². The molecule has 7 nitrogen and oxygen atoms in total. The van der Waals surface area contributed by atoms with Crippen molar-refractivity contribution in [3.8, 4) is 11.4 Å². The van der Waals surface area contributed by atoms with Crippen LogP contribution in [0.25, 0.3) is 11.4 Å². The minimum Gasteiger partial charge on any atom is -0.465 e. The lowest BCUT2D eigenvalue weighted by Gasteiger charge is -2.10. The number of benzene rings is 2. The molecule has 162 valence electrons. The molecule has 0 saturated heterocycles. The number of methoxy groups -OCH3 is 1. The van der Waals surface area contributed by atoms with E-state index in [0.29, 0.717) is 38.8 Å². The van der Waals surface area contributed by atoms with E-state index in [0.717, 1.165) is 0 Å². The summed E-state index contributed by atoms with van der Waals surface area (Å²) in [4.78, 5) is 24.2. The second-order valence-corrected chi connectivity index (χ2v) is 8.39. The van der Waals surface area contributed by atoms with Gasteiger partial charge in [0, 0.05) is 22.8 Å². The van der Waals surface area contributed by atoms with Gasteiger partial charge in [0.2, 0.25) is 5.91 Å². The normalized spacial score (nSPS) is 10.7. The summed E-state index contributed by atoms with van der Waals surface area (Å²) in [5, 5.41) is 13.0. The van der Waals surface area contributed by atoms with Gasteiger partial charge in [-0.25, -0.2) is 4.79 Å². The van der Waals surface area contributed by atoms with Crippen molar-refractivity contribution >= 4 is 64.1 Å². The Balaban J connectivity index is 1.71. The molecule has 1 aromatic heterocycles. The summed E-state index contributed by atoms with van der Waals surface area (Å²) in [6.45, 7) is 2.54. The smallest absolute Gasteiger partial charge is 0.339 e. The molecule has 0 radical (unpaired) electrons. The Bertz CT molecular complexity index is 1140. The minimum atomic E-state index is -0.583. The molecule has 11 heteroatoms. The lowest BCUT2D eigenvalue weighted by molar-refractivity contribution is -0.113. The summed E-state index contributed by atoms with van der Waals surface area (Å²) < 4.78 is 6.55. The standard InChI is InChI=1S/C20H17Cl3N4O3S/c1-3-27-18(13-6-4-11(21)8-16(13)23)25-26-20(27)31-10-17(28)24-12-5-7-15(22)14(9-12)19(29)30-2/h4-9H,3,10H2,1-2H3,(H,24,28). The number of hydrogen-bond donors (Lipinski definition) is 1. The lowest BCUT2D eigenvalue weighted by Crippen LogP contribution is -2.15. The van der Waals surface area contributed by atoms with Crippen LogP contribution in [0.4, 0.5) is 5.69 Å². The van der Waals surface area contributed by atoms with E-state index in [1.165, 1.54) is 31.0 Å². The van der Waals surface area contributed by atoms with Gasteiger partial charge in [-0.1, -0.05) is 46.6 Å². The van der Waals surface area contributed by atoms with Crippen LogP contribution in [-0.4, -0.2) is 39.5 Å². The zero-order chi connectivity index (χ0) is 22.5. The summed E-state index contributed by atoms with van der Waals surface area (Å²) in [5.74, 6) is -0.185. The van der Waals surface area contributed by atoms with Crippen molar-refractivity contribution in [3.63, 3.8) is 0 Å². The van der Waals surface area contributed by atoms with Gasteiger partial charge < -0.3 is 14.6 Å². The van der Waals surface area contributed by atoms with Gasteiger partial charge in [-0.05, 0) is 43.3 Å². The third kappa shape index (κ3) is 5.51. The van der Waals surface area contributed by atoms with Gasteiger partial charge in [-0.15, -0.1) is 10.2 Å². The number of amides is 1. The molecule has 3 rings (SSSR count). The van der Waals surface area contributed by atoms with Gasteiger partial charge in [-0.3, -0.25) is 4.79 Å². The number of carbonyl (C=O) groups is 2. The fourth-order valence-electron chi connectivity index (χ4n) is 2.75. The molecule has 2 aromatic carbocycles. The van der Waals surface area contributed by atoms with Crippen LogP contribution in [0.15, 0.2) is 41.6 Å². The van der Waals surface area contributed by atoms with Crippen molar-refractivity contribution in [2.45, 2.75) is 18.6 Å². The highest BCUT2D eigenvalue weighted by atomic mass is 35.5. The van der Waals surface area contributed by atoms with Crippen molar-refractivity contribution in [1.29, 1.82) is 0 Å². The van der Waals surface area contributed by atoms with Crippen LogP contribution in [-0.2, 0) is 16.1 Å². The van der Waals surface area contributed by atoms with Crippen molar-refractivity contribution in [1.82, 2.24) is 14.8 Å². The molecule has 0 atom stereocenters. The minimum absolute atomic E-state index is 0.0860. The highest BCUT2D eigenvalue weighted by Gasteiger charge is 2.17. The van der Waals surface area contributed by atoms with Crippen LogP contribution in [0.2, 0.25) is 15.1 Å². The Hall–Kier alpha value is -2.26. The first-order valence-corrected chi connectivity index (χ1v) is 11.1. The maximum absolute atomic E-state index is 12.4. The number of hydrogen-bond acceptors (Lipinski definition) is 6. The van der Waals surface area contributed by atoms with E-state index in [1.807, 2.05) is 11.5 Å². The van der Waals surface area contributed by atoms with E-state index in [2.05, 4.69) is 20.3 Å². The molecule has 0 spiro atoms. The maximum atomic E-state index is 12.4. The zero-order valence-corrected chi connectivity index (χ0v) is 19.6. The van der Waals surface area contributed by atoms with E-state index in [1.54, 1.807) is 24.3 Å². The Morgan fingerprint density at radius 1 is 1.10 bits per heavy atom. The zero-order valence-electron chi connectivity index (χ0n) is 16.5. The van der Waals surface area contributed by atoms with E-state index in [-0.39, 0.29) is 22.2 Å². The second kappa shape index (κ2) is 10.4. The van der Waals surface area contributed by atoms with Gasteiger partial charge in [0.15, 0.2) is 11.0 Å². The molecule has 0 fully saturated rings. The molecule has 0 aliphatic rings. The van der Waals surface area contributed by atoms with Gasteiger partial charge in [0.05, 0.1) is 28.5 Å². The number of aromatic nitrogens is 3. The SMILES string of the molecule is CCn1c(SCC(=O)Nc2ccc(Cl)c(C(=O)OC)c2)nnc1-c1ccc(Cl)cc1Cl. The number of esters is 1. The number of rotatable bonds is 7. The van der Waals surface area contributed by atoms with Crippen molar-refractivity contribution in [3.05, 3.63) is 57.0 Å². The number of halogens is 3. The molecule has 1 amide bonds. The molecule has 0 bridgehead atoms. The maximum Gasteiger partial charge on any atom is 0.339 e. The molecule has 0 aliphatic carbocycles. The lowest BCUT2D eigenvalue weighted by atomic mass is 10.2. The van der Waals surface area contributed by atoms with E-state index in [4.69, 9.17) is 34.8 Å². The fraction of sp³-hybridized carbons (Fsp3) is 0.200. The number of thioether (sulfide) groups is 1. The molecule has 0 unspecified atom stereocenters. The third-order valence-electron chi connectivity index (χ3n) is 4.19. The predicted octanol–water partition coefficient (Wildman–Crippen LogP) is 5.44. The average Bonchev–Trinajstić information content (AvgIpc) is 3.15. The van der Waals surface area contributed by atoms with Crippen LogP contribution in [0.3, 0.4) is 0 Å². The van der Waals surface area contributed by atoms with Crippen molar-refractivity contribution < 1.29 is 14.3 Å². The Morgan fingerprint density at radius 2 is 1.87 bits per heavy atom. The second-order valence-electron chi connectivity index (χ2n) is 6.20. The largest absolute Gasteiger partial charge is 0.465 e. The summed E-state index contributed by atoms with van der Waals surface area (Å²) in [7, 11) is 1.26. The van der Waals surface area contributed by atoms with Crippen LogP contribution in [0.5, 0.6) is 0 Å². The highest BCUT2D eigenvalue weighted by Crippen LogP contribution is 2.31. The summed E-state index contributed by atoms with van der Waals surface area (Å²) in [6.07, 6.45) is 0. The molecule has 3 aromatic rings. The highest BCUT2D eigenvalue weighted by molar-refractivity contribution is 7.99. The molecule has 1 N–H and O–H groups in total. The number of nitrogens with one attached hydrogen (secondary N) is 1. The summed E-state index contributed by atoms with van der Waals surface area (Å²) in [5.41, 5.74) is 1.30. The summed E-state index contributed by atoms with van der Waals surface area (Å²) in [6, 6.07) is 9.74. The van der Waals surface area contributed by atoms with Gasteiger partial charge in [0.25, 0.3) is 0 Å². The molecule has 31 heavy (non-hydrogen) atoms. The molecule has 0 aliphatic heterocycles. The van der Waals surface area contributed by atoms with Crippen LogP contribution in [0.1, 0.15) is 17.3 Å². The summed E-state index contributed by atoms with van der Waals surface area (Å²) >= 11 is 19.5. The van der Waals surface area contributed by atoms with E-state index in [9.17, 15) is 9.59 Å². The van der Waals surface area contributed by atoms with Crippen LogP contribution < -0.4 is 5.32 Å². The fourth-order valence-corrected chi connectivity index (χ4v) is 4.24. The monoisotopic (exact) mass is 498 g/mol. The Kier molecular flexibility index (Phi) is 7.83. The number of nitrogens with zero attached hydrogens (tertiary/aromatic N) is 3. The number of ether oxygens (including phenoxy) is 1. The van der Waals surface area contributed by atoms with Crippen LogP contribution >= 0.6 is 46.6 Å². The van der Waals surface area contributed by atoms with Crippen LogP contribution in [0, 0.1) is 0 Å². The van der Waals surface area contributed by atoms with E-state index < -0.39 is 5.97 Å². The van der Waals surface area contributed by atoms with Crippen molar-refractivity contribution in [2.75, 3.05) is 18.2 Å². The number of carbonyl (C=O) groups excluding carboxylic acids is 2. The molecule has 0 saturated carbocycles. The Morgan fingerprint density at radius 3 is 2.55 bits per heavy atom. The quantitative estimate of drug-likeness (QED) is 0.344. The first kappa shape index (κ1) is 23.4. The van der Waals surface area contributed by atoms with Gasteiger partial charge in [0.1, 0.15) is 0 Å².